The first kappa shape index (κ1) is 25.9. The summed E-state index contributed by atoms with van der Waals surface area (Å²) in [6.07, 6.45) is 10.4. The van der Waals surface area contributed by atoms with Crippen LogP contribution in [-0.4, -0.2) is 42.0 Å². The number of pyridine rings is 1. The van der Waals surface area contributed by atoms with Gasteiger partial charge in [-0.05, 0) is 62.4 Å². The summed E-state index contributed by atoms with van der Waals surface area (Å²) in [5.41, 5.74) is 1.71. The first-order valence-corrected chi connectivity index (χ1v) is 15.5. The molecular formula is C25H40ClN5OSi. The van der Waals surface area contributed by atoms with Gasteiger partial charge in [-0.15, -0.1) is 0 Å². The lowest BCUT2D eigenvalue weighted by Gasteiger charge is -2.41. The van der Waals surface area contributed by atoms with Gasteiger partial charge in [-0.2, -0.15) is 4.98 Å². The Labute approximate surface area is 205 Å². The van der Waals surface area contributed by atoms with E-state index < -0.39 is 8.32 Å². The van der Waals surface area contributed by atoms with Crippen LogP contribution >= 0.6 is 11.6 Å². The molecule has 6 nitrogen and oxygen atoms in total. The van der Waals surface area contributed by atoms with Crippen molar-refractivity contribution in [2.75, 3.05) is 17.2 Å². The van der Waals surface area contributed by atoms with E-state index in [0.29, 0.717) is 23.1 Å². The normalized spacial score (nSPS) is 19.4. The molecule has 0 unspecified atom stereocenters. The van der Waals surface area contributed by atoms with Gasteiger partial charge in [0, 0.05) is 31.1 Å². The molecule has 2 aromatic heterocycles. The first-order valence-electron chi connectivity index (χ1n) is 12.3. The zero-order chi connectivity index (χ0) is 24.1. The fourth-order valence-electron chi connectivity index (χ4n) is 3.79. The van der Waals surface area contributed by atoms with Crippen molar-refractivity contribution >= 4 is 31.7 Å². The largest absolute Gasteiger partial charge is 0.414 e. The maximum Gasteiger partial charge on any atom is 0.224 e. The summed E-state index contributed by atoms with van der Waals surface area (Å²) in [5.74, 6) is 1.48. The van der Waals surface area contributed by atoms with Crippen molar-refractivity contribution < 1.29 is 4.43 Å². The Morgan fingerprint density at radius 3 is 2.42 bits per heavy atom. The number of unbranched alkanes of at least 4 members (excludes halogenated alkanes) is 1. The third kappa shape index (κ3) is 7.14. The van der Waals surface area contributed by atoms with Crippen molar-refractivity contribution in [1.29, 1.82) is 0 Å². The molecule has 0 amide bonds. The molecule has 2 aromatic rings. The van der Waals surface area contributed by atoms with Crippen molar-refractivity contribution in [1.82, 2.24) is 15.0 Å². The van der Waals surface area contributed by atoms with Gasteiger partial charge < -0.3 is 15.1 Å². The molecule has 0 radical (unpaired) electrons. The lowest BCUT2D eigenvalue weighted by atomic mass is 9.93. The number of hydrogen-bond donors (Lipinski definition) is 2. The van der Waals surface area contributed by atoms with Gasteiger partial charge in [0.05, 0.1) is 16.3 Å². The van der Waals surface area contributed by atoms with Crippen LogP contribution in [0.25, 0.3) is 11.3 Å². The van der Waals surface area contributed by atoms with Gasteiger partial charge in [0.1, 0.15) is 5.82 Å². The quantitative estimate of drug-likeness (QED) is 0.288. The highest BCUT2D eigenvalue weighted by Crippen LogP contribution is 2.39. The monoisotopic (exact) mass is 489 g/mol. The molecular weight excluding hydrogens is 450 g/mol. The number of halogens is 1. The van der Waals surface area contributed by atoms with Crippen LogP contribution in [0, 0.1) is 0 Å². The maximum absolute atomic E-state index is 6.67. The van der Waals surface area contributed by atoms with E-state index >= 15 is 0 Å². The molecule has 8 heteroatoms. The Hall–Kier alpha value is -1.70. The second kappa shape index (κ2) is 11.1. The van der Waals surface area contributed by atoms with Gasteiger partial charge in [-0.3, -0.25) is 4.98 Å². The minimum atomic E-state index is -1.74. The molecule has 1 fully saturated rings. The number of rotatable bonds is 9. The molecule has 1 saturated carbocycles. The lowest BCUT2D eigenvalue weighted by molar-refractivity contribution is 0.133. The maximum atomic E-state index is 6.67. The molecule has 33 heavy (non-hydrogen) atoms. The van der Waals surface area contributed by atoms with Crippen LogP contribution in [0.1, 0.15) is 66.2 Å². The van der Waals surface area contributed by atoms with Gasteiger partial charge in [-0.1, -0.05) is 45.7 Å². The summed E-state index contributed by atoms with van der Waals surface area (Å²) < 4.78 is 6.67. The Balaban J connectivity index is 1.71. The second-order valence-electron chi connectivity index (χ2n) is 10.6. The molecule has 0 spiro atoms. The Morgan fingerprint density at radius 2 is 1.82 bits per heavy atom. The minimum absolute atomic E-state index is 0.241. The van der Waals surface area contributed by atoms with Crippen LogP contribution in [0.5, 0.6) is 0 Å². The van der Waals surface area contributed by atoms with Crippen LogP contribution in [0.15, 0.2) is 24.5 Å². The second-order valence-corrected chi connectivity index (χ2v) is 15.8. The van der Waals surface area contributed by atoms with E-state index in [1.165, 1.54) is 0 Å². The van der Waals surface area contributed by atoms with Crippen molar-refractivity contribution in [2.24, 2.45) is 0 Å². The van der Waals surface area contributed by atoms with E-state index in [1.807, 2.05) is 18.3 Å². The average Bonchev–Trinajstić information content (AvgIpc) is 2.75. The SMILES string of the molecule is CCCCNc1ncc(-c2ccc(Cl)cn2)c(NC2CCC(O[Si](C)(C)C(C)(C)C)CC2)n1. The zero-order valence-electron chi connectivity index (χ0n) is 21.0. The van der Waals surface area contributed by atoms with Gasteiger partial charge in [-0.25, -0.2) is 4.98 Å². The molecule has 2 N–H and O–H groups in total. The molecule has 3 rings (SSSR count). The van der Waals surface area contributed by atoms with E-state index in [2.05, 4.69) is 61.4 Å². The number of anilines is 2. The molecule has 0 bridgehead atoms. The van der Waals surface area contributed by atoms with E-state index in [4.69, 9.17) is 21.0 Å². The fraction of sp³-hybridized carbons (Fsp3) is 0.640. The van der Waals surface area contributed by atoms with Crippen molar-refractivity contribution in [3.63, 3.8) is 0 Å². The predicted molar refractivity (Wildman–Crippen MR) is 142 cm³/mol. The van der Waals surface area contributed by atoms with Gasteiger partial charge in [0.2, 0.25) is 5.95 Å². The van der Waals surface area contributed by atoms with E-state index in [9.17, 15) is 0 Å². The summed E-state index contributed by atoms with van der Waals surface area (Å²) in [5, 5.41) is 7.90. The highest BCUT2D eigenvalue weighted by Gasteiger charge is 2.39. The third-order valence-corrected chi connectivity index (χ3v) is 11.6. The summed E-state index contributed by atoms with van der Waals surface area (Å²) in [6.45, 7) is 14.6. The zero-order valence-corrected chi connectivity index (χ0v) is 22.8. The van der Waals surface area contributed by atoms with E-state index in [-0.39, 0.29) is 5.04 Å². The number of hydrogen-bond acceptors (Lipinski definition) is 6. The van der Waals surface area contributed by atoms with E-state index in [0.717, 1.165) is 62.1 Å². The molecule has 0 saturated heterocycles. The van der Waals surface area contributed by atoms with Crippen molar-refractivity contribution in [3.8, 4) is 11.3 Å². The highest BCUT2D eigenvalue weighted by atomic mass is 35.5. The summed E-state index contributed by atoms with van der Waals surface area (Å²) >= 11 is 6.05. The number of aromatic nitrogens is 3. The van der Waals surface area contributed by atoms with Crippen molar-refractivity contribution in [3.05, 3.63) is 29.5 Å². The van der Waals surface area contributed by atoms with Gasteiger partial charge in [0.15, 0.2) is 8.32 Å². The molecule has 1 aliphatic carbocycles. The van der Waals surface area contributed by atoms with Crippen molar-refractivity contribution in [2.45, 2.75) is 96.5 Å². The number of nitrogens with zero attached hydrogens (tertiary/aromatic N) is 3. The van der Waals surface area contributed by atoms with Crippen LogP contribution in [0.4, 0.5) is 11.8 Å². The van der Waals surface area contributed by atoms with Gasteiger partial charge in [0.25, 0.3) is 0 Å². The Bertz CT molecular complexity index is 893. The Kier molecular flexibility index (Phi) is 8.75. The summed E-state index contributed by atoms with van der Waals surface area (Å²) in [7, 11) is -1.74. The summed E-state index contributed by atoms with van der Waals surface area (Å²) in [6, 6.07) is 4.12. The smallest absolute Gasteiger partial charge is 0.224 e. The van der Waals surface area contributed by atoms with Crippen LogP contribution in [0.2, 0.25) is 23.2 Å². The summed E-state index contributed by atoms with van der Waals surface area (Å²) in [4.78, 5) is 13.8. The van der Waals surface area contributed by atoms with Crippen LogP contribution < -0.4 is 10.6 Å². The Morgan fingerprint density at radius 1 is 1.09 bits per heavy atom. The third-order valence-electron chi connectivity index (χ3n) is 6.89. The lowest BCUT2D eigenvalue weighted by Crippen LogP contribution is -2.45. The topological polar surface area (TPSA) is 72.0 Å². The standard InChI is InChI=1S/C25H40ClN5OSi/c1-7-8-15-27-24-29-17-21(22-14-9-18(26)16-28-22)23(31-24)30-19-10-12-20(13-11-19)32-33(5,6)25(2,3)4/h9,14,16-17,19-20H,7-8,10-13,15H2,1-6H3,(H2,27,29,30,31). The molecule has 0 aliphatic heterocycles. The number of nitrogens with one attached hydrogen (secondary N) is 2. The van der Waals surface area contributed by atoms with Crippen LogP contribution in [-0.2, 0) is 4.43 Å². The minimum Gasteiger partial charge on any atom is -0.414 e. The predicted octanol–water partition coefficient (Wildman–Crippen LogP) is 7.15. The highest BCUT2D eigenvalue weighted by molar-refractivity contribution is 6.74. The average molecular weight is 490 g/mol. The fourth-order valence-corrected chi connectivity index (χ4v) is 5.32. The molecule has 182 valence electrons. The van der Waals surface area contributed by atoms with Crippen LogP contribution in [0.3, 0.4) is 0 Å². The molecule has 1 aliphatic rings. The molecule has 0 atom stereocenters. The molecule has 0 aromatic carbocycles. The van der Waals surface area contributed by atoms with Gasteiger partial charge >= 0.3 is 0 Å². The first-order chi connectivity index (χ1) is 15.6. The van der Waals surface area contributed by atoms with E-state index in [1.54, 1.807) is 6.20 Å². The molecule has 2 heterocycles.